The van der Waals surface area contributed by atoms with Gasteiger partial charge in [0.1, 0.15) is 18.5 Å². The van der Waals surface area contributed by atoms with Crippen molar-refractivity contribution in [3.8, 4) is 0 Å². The van der Waals surface area contributed by atoms with Gasteiger partial charge in [-0.05, 0) is 57.5 Å². The van der Waals surface area contributed by atoms with Crippen LogP contribution in [0.2, 0.25) is 0 Å². The van der Waals surface area contributed by atoms with Gasteiger partial charge in [0.25, 0.3) is 0 Å². The molecule has 152 valence electrons. The molecule has 1 unspecified atom stereocenters. The van der Waals surface area contributed by atoms with Crippen LogP contribution < -0.4 is 5.32 Å². The smallest absolute Gasteiger partial charge is 0.243 e. The number of sulfonamides is 1. The number of piperidine rings is 1. The highest BCUT2D eigenvalue weighted by molar-refractivity contribution is 7.89. The molecular formula is C21H28N2O4S. The van der Waals surface area contributed by atoms with Crippen LogP contribution in [0.15, 0.2) is 52.8 Å². The lowest BCUT2D eigenvalue weighted by atomic mass is 10.1. The van der Waals surface area contributed by atoms with Gasteiger partial charge in [-0.25, -0.2) is 8.42 Å². The summed E-state index contributed by atoms with van der Waals surface area (Å²) in [5, 5.41) is 3.32. The van der Waals surface area contributed by atoms with E-state index in [0.717, 1.165) is 55.9 Å². The Morgan fingerprint density at radius 2 is 1.93 bits per heavy atom. The fraction of sp³-hybridized carbons (Fsp3) is 0.524. The molecule has 1 aliphatic carbocycles. The second-order valence-electron chi connectivity index (χ2n) is 7.65. The fourth-order valence-electron chi connectivity index (χ4n) is 3.95. The first kappa shape index (κ1) is 19.5. The minimum absolute atomic E-state index is 0.0339. The van der Waals surface area contributed by atoms with Gasteiger partial charge in [-0.3, -0.25) is 0 Å². The molecule has 4 rings (SSSR count). The van der Waals surface area contributed by atoms with E-state index in [1.807, 2.05) is 25.1 Å². The maximum Gasteiger partial charge on any atom is 0.243 e. The normalized spacial score (nSPS) is 23.3. The number of hydrogen-bond acceptors (Lipinski definition) is 5. The Labute approximate surface area is 167 Å². The average Bonchev–Trinajstić information content (AvgIpc) is 2.73. The van der Waals surface area contributed by atoms with E-state index in [4.69, 9.17) is 9.47 Å². The van der Waals surface area contributed by atoms with Crippen LogP contribution >= 0.6 is 0 Å². The molecule has 0 radical (unpaired) electrons. The Bertz CT molecular complexity index is 855. The highest BCUT2D eigenvalue weighted by atomic mass is 32.2. The first-order chi connectivity index (χ1) is 13.5. The van der Waals surface area contributed by atoms with Gasteiger partial charge < -0.3 is 14.8 Å². The van der Waals surface area contributed by atoms with Crippen molar-refractivity contribution in [2.24, 2.45) is 0 Å². The van der Waals surface area contributed by atoms with Gasteiger partial charge in [0.15, 0.2) is 5.76 Å². The molecule has 1 aromatic rings. The summed E-state index contributed by atoms with van der Waals surface area (Å²) in [6, 6.07) is 7.05. The van der Waals surface area contributed by atoms with Crippen LogP contribution in [0.25, 0.3) is 0 Å². The van der Waals surface area contributed by atoms with Gasteiger partial charge in [-0.2, -0.15) is 4.31 Å². The second kappa shape index (κ2) is 8.27. The SMILES string of the molecule is Cc1ccc(S(=O)(=O)N(CC2COC3=C(C=CCC3)O2)C2CCNCC2)cc1. The van der Waals surface area contributed by atoms with Gasteiger partial charge in [0, 0.05) is 12.5 Å². The summed E-state index contributed by atoms with van der Waals surface area (Å²) in [5.41, 5.74) is 1.04. The molecule has 1 atom stereocenters. The van der Waals surface area contributed by atoms with Crippen molar-refractivity contribution in [3.63, 3.8) is 0 Å². The summed E-state index contributed by atoms with van der Waals surface area (Å²) >= 11 is 0. The standard InChI is InChI=1S/C21H28N2O4S/c1-16-6-8-19(9-7-16)28(24,25)23(17-10-12-22-13-11-17)14-18-15-26-20-4-2-3-5-21(20)27-18/h3,5-9,17-18,22H,2,4,10-15H2,1H3. The van der Waals surface area contributed by atoms with Crippen LogP contribution in [0.3, 0.4) is 0 Å². The number of allylic oxidation sites excluding steroid dienone is 3. The lowest BCUT2D eigenvalue weighted by Gasteiger charge is -2.37. The maximum atomic E-state index is 13.5. The Hall–Kier alpha value is -1.83. The summed E-state index contributed by atoms with van der Waals surface area (Å²) in [4.78, 5) is 0.339. The fourth-order valence-corrected chi connectivity index (χ4v) is 5.67. The predicted octanol–water partition coefficient (Wildman–Crippen LogP) is 2.71. The predicted molar refractivity (Wildman–Crippen MR) is 107 cm³/mol. The van der Waals surface area contributed by atoms with Crippen molar-refractivity contribution in [2.75, 3.05) is 26.2 Å². The summed E-state index contributed by atoms with van der Waals surface area (Å²) in [6.45, 7) is 4.29. The zero-order valence-electron chi connectivity index (χ0n) is 16.3. The molecule has 0 bridgehead atoms. The summed E-state index contributed by atoms with van der Waals surface area (Å²) in [5.74, 6) is 1.63. The number of rotatable bonds is 5. The molecule has 0 aromatic heterocycles. The van der Waals surface area contributed by atoms with Crippen molar-refractivity contribution in [2.45, 2.75) is 49.6 Å². The molecule has 1 aromatic carbocycles. The molecule has 3 aliphatic rings. The lowest BCUT2D eigenvalue weighted by molar-refractivity contribution is -0.0140. The van der Waals surface area contributed by atoms with E-state index >= 15 is 0 Å². The van der Waals surface area contributed by atoms with Crippen molar-refractivity contribution in [1.29, 1.82) is 0 Å². The number of nitrogens with zero attached hydrogens (tertiary/aromatic N) is 1. The zero-order valence-corrected chi connectivity index (χ0v) is 17.1. The Balaban J connectivity index is 1.58. The number of aryl methyl sites for hydroxylation is 1. The van der Waals surface area contributed by atoms with E-state index in [1.165, 1.54) is 0 Å². The van der Waals surface area contributed by atoms with Crippen molar-refractivity contribution >= 4 is 10.0 Å². The van der Waals surface area contributed by atoms with Crippen LogP contribution in [0.5, 0.6) is 0 Å². The molecule has 28 heavy (non-hydrogen) atoms. The van der Waals surface area contributed by atoms with E-state index in [9.17, 15) is 8.42 Å². The second-order valence-corrected chi connectivity index (χ2v) is 9.54. The first-order valence-corrected chi connectivity index (χ1v) is 11.5. The van der Waals surface area contributed by atoms with E-state index in [2.05, 4.69) is 11.4 Å². The maximum absolute atomic E-state index is 13.5. The lowest BCUT2D eigenvalue weighted by Crippen LogP contribution is -2.50. The molecule has 0 amide bonds. The van der Waals surface area contributed by atoms with Crippen LogP contribution in [0.1, 0.15) is 31.2 Å². The average molecular weight is 405 g/mol. The number of ether oxygens (including phenoxy) is 2. The van der Waals surface area contributed by atoms with Crippen LogP contribution in [-0.2, 0) is 19.5 Å². The van der Waals surface area contributed by atoms with Gasteiger partial charge in [0.05, 0.1) is 11.4 Å². The Morgan fingerprint density at radius 1 is 1.18 bits per heavy atom. The third-order valence-electron chi connectivity index (χ3n) is 5.55. The quantitative estimate of drug-likeness (QED) is 0.817. The van der Waals surface area contributed by atoms with Gasteiger partial charge in [-0.1, -0.05) is 23.8 Å². The highest BCUT2D eigenvalue weighted by Crippen LogP contribution is 2.29. The van der Waals surface area contributed by atoms with Crippen LogP contribution in [-0.4, -0.2) is 51.1 Å². The third kappa shape index (κ3) is 4.11. The zero-order chi connectivity index (χ0) is 19.6. The van der Waals surface area contributed by atoms with Crippen molar-refractivity contribution < 1.29 is 17.9 Å². The molecule has 0 spiro atoms. The topological polar surface area (TPSA) is 67.9 Å². The Kier molecular flexibility index (Phi) is 5.75. The molecule has 7 heteroatoms. The molecule has 6 nitrogen and oxygen atoms in total. The molecule has 1 N–H and O–H groups in total. The summed E-state index contributed by atoms with van der Waals surface area (Å²) in [7, 11) is -3.61. The van der Waals surface area contributed by atoms with E-state index in [1.54, 1.807) is 16.4 Å². The van der Waals surface area contributed by atoms with Crippen LogP contribution in [0, 0.1) is 6.92 Å². The minimum atomic E-state index is -3.61. The monoisotopic (exact) mass is 404 g/mol. The first-order valence-electron chi connectivity index (χ1n) is 10.0. The molecule has 1 saturated heterocycles. The number of benzene rings is 1. The summed E-state index contributed by atoms with van der Waals surface area (Å²) < 4.78 is 40.6. The van der Waals surface area contributed by atoms with E-state index in [-0.39, 0.29) is 12.1 Å². The van der Waals surface area contributed by atoms with Crippen molar-refractivity contribution in [1.82, 2.24) is 9.62 Å². The Morgan fingerprint density at radius 3 is 2.68 bits per heavy atom. The molecule has 0 saturated carbocycles. The molecular weight excluding hydrogens is 376 g/mol. The van der Waals surface area contributed by atoms with E-state index in [0.29, 0.717) is 18.0 Å². The van der Waals surface area contributed by atoms with Gasteiger partial charge in [0.2, 0.25) is 10.0 Å². The van der Waals surface area contributed by atoms with Crippen LogP contribution in [0.4, 0.5) is 0 Å². The van der Waals surface area contributed by atoms with Gasteiger partial charge >= 0.3 is 0 Å². The largest absolute Gasteiger partial charge is 0.490 e. The molecule has 1 fully saturated rings. The number of hydrogen-bond donors (Lipinski definition) is 1. The van der Waals surface area contributed by atoms with E-state index < -0.39 is 10.0 Å². The minimum Gasteiger partial charge on any atom is -0.490 e. The number of nitrogens with one attached hydrogen (secondary N) is 1. The summed E-state index contributed by atoms with van der Waals surface area (Å²) in [6.07, 6.45) is 7.09. The molecule has 2 aliphatic heterocycles. The third-order valence-corrected chi connectivity index (χ3v) is 7.48. The van der Waals surface area contributed by atoms with Gasteiger partial charge in [-0.15, -0.1) is 0 Å². The highest BCUT2D eigenvalue weighted by Gasteiger charge is 2.36. The van der Waals surface area contributed by atoms with Crippen molar-refractivity contribution in [3.05, 3.63) is 53.5 Å². The molecule has 2 heterocycles.